The average molecular weight is 426 g/mol. The molecule has 0 aliphatic heterocycles. The molecular weight excluding hydrogens is 402 g/mol. The van der Waals surface area contributed by atoms with Crippen LogP contribution in [0.15, 0.2) is 41.3 Å². The minimum atomic E-state index is -2.59. The van der Waals surface area contributed by atoms with Crippen LogP contribution in [0.1, 0.15) is 24.5 Å². The van der Waals surface area contributed by atoms with Crippen molar-refractivity contribution in [2.75, 3.05) is 25.8 Å². The van der Waals surface area contributed by atoms with Crippen LogP contribution in [-0.2, 0) is 5.75 Å². The van der Waals surface area contributed by atoms with Crippen molar-refractivity contribution in [3.8, 4) is 11.5 Å². The van der Waals surface area contributed by atoms with Crippen molar-refractivity contribution in [2.24, 2.45) is 11.7 Å². The third-order valence-electron chi connectivity index (χ3n) is 4.19. The number of urea groups is 1. The predicted octanol–water partition coefficient (Wildman–Crippen LogP) is 3.93. The Hall–Kier alpha value is -2.56. The number of methoxy groups -OCH3 is 2. The average Bonchev–Trinajstić information content (AvgIpc) is 2.75. The number of alkyl halides is 2. The topological polar surface area (TPSA) is 94.1 Å². The summed E-state index contributed by atoms with van der Waals surface area (Å²) >= 11 is 1.27. The quantitative estimate of drug-likeness (QED) is 0.288. The van der Waals surface area contributed by atoms with E-state index in [1.807, 2.05) is 0 Å². The highest BCUT2D eigenvalue weighted by Gasteiger charge is 2.22. The number of benzene rings is 2. The number of thioether (sulfide) groups is 1. The first-order valence-corrected chi connectivity index (χ1v) is 9.68. The Balaban J connectivity index is 2.38. The summed E-state index contributed by atoms with van der Waals surface area (Å²) in [7, 11) is 2.96. The zero-order chi connectivity index (χ0) is 21.6. The van der Waals surface area contributed by atoms with E-state index < -0.39 is 12.5 Å². The number of nitrogens with zero attached hydrogens (tertiary/aromatic N) is 2. The standard InChI is InChI=1S/C19H24F2N4O3S/c1-4-24(22)19(26)25(23)14-6-5-7-15(27-2)13(14)11-29-17-10-12(18(20)21)8-9-16(17)28-3/h5-10,18H,4,11,22-23H2,1-3H3. The zero-order valence-corrected chi connectivity index (χ0v) is 17.2. The Morgan fingerprint density at radius 2 is 1.83 bits per heavy atom. The van der Waals surface area contributed by atoms with Crippen molar-refractivity contribution in [2.45, 2.75) is 24.0 Å². The molecule has 2 rings (SSSR count). The number of halogens is 2. The van der Waals surface area contributed by atoms with Crippen LogP contribution in [0, 0.1) is 0 Å². The number of anilines is 1. The first-order valence-electron chi connectivity index (χ1n) is 8.69. The third kappa shape index (κ3) is 5.28. The van der Waals surface area contributed by atoms with Gasteiger partial charge in [0.25, 0.3) is 6.43 Å². The largest absolute Gasteiger partial charge is 0.496 e. The van der Waals surface area contributed by atoms with Gasteiger partial charge >= 0.3 is 6.03 Å². The van der Waals surface area contributed by atoms with Crippen LogP contribution in [-0.4, -0.2) is 31.8 Å². The molecule has 2 aromatic carbocycles. The van der Waals surface area contributed by atoms with Gasteiger partial charge in [-0.1, -0.05) is 6.07 Å². The SMILES string of the molecule is CCN(N)C(=O)N(N)c1cccc(OC)c1CSc1cc(C(F)F)ccc1OC. The van der Waals surface area contributed by atoms with Gasteiger partial charge in [0, 0.05) is 23.4 Å². The smallest absolute Gasteiger partial charge is 0.353 e. The molecule has 0 fully saturated rings. The van der Waals surface area contributed by atoms with Crippen LogP contribution in [0.2, 0.25) is 0 Å². The lowest BCUT2D eigenvalue weighted by molar-refractivity contribution is 0.151. The lowest BCUT2D eigenvalue weighted by Gasteiger charge is -2.25. The molecule has 0 aliphatic carbocycles. The maximum Gasteiger partial charge on any atom is 0.353 e. The number of hydrazine groups is 2. The Labute approximate surface area is 172 Å². The fourth-order valence-electron chi connectivity index (χ4n) is 2.58. The van der Waals surface area contributed by atoms with Gasteiger partial charge in [0.1, 0.15) is 11.5 Å². The summed E-state index contributed by atoms with van der Waals surface area (Å²) in [6.45, 7) is 1.99. The predicted molar refractivity (Wildman–Crippen MR) is 109 cm³/mol. The summed E-state index contributed by atoms with van der Waals surface area (Å²) in [5, 5.41) is 1.92. The summed E-state index contributed by atoms with van der Waals surface area (Å²) < 4.78 is 36.9. The maximum atomic E-state index is 13.1. The molecule has 10 heteroatoms. The van der Waals surface area contributed by atoms with E-state index in [0.29, 0.717) is 33.4 Å². The molecule has 0 bridgehead atoms. The number of hydrogen-bond donors (Lipinski definition) is 2. The van der Waals surface area contributed by atoms with Crippen LogP contribution in [0.5, 0.6) is 11.5 Å². The summed E-state index contributed by atoms with van der Waals surface area (Å²) in [6, 6.07) is 8.69. The van der Waals surface area contributed by atoms with Crippen molar-refractivity contribution in [3.05, 3.63) is 47.5 Å². The zero-order valence-electron chi connectivity index (χ0n) is 16.4. The molecule has 2 amide bonds. The van der Waals surface area contributed by atoms with Gasteiger partial charge in [0.05, 0.1) is 24.8 Å². The van der Waals surface area contributed by atoms with Gasteiger partial charge in [-0.15, -0.1) is 11.8 Å². The van der Waals surface area contributed by atoms with Crippen molar-refractivity contribution >= 4 is 23.5 Å². The molecular formula is C19H24F2N4O3S. The number of hydrogen-bond acceptors (Lipinski definition) is 6. The lowest BCUT2D eigenvalue weighted by atomic mass is 10.1. The number of amides is 2. The minimum Gasteiger partial charge on any atom is -0.496 e. The van der Waals surface area contributed by atoms with Crippen molar-refractivity contribution in [3.63, 3.8) is 0 Å². The molecule has 2 aromatic rings. The van der Waals surface area contributed by atoms with E-state index in [1.54, 1.807) is 25.1 Å². The van der Waals surface area contributed by atoms with Crippen LogP contribution in [0.4, 0.5) is 19.3 Å². The van der Waals surface area contributed by atoms with Crippen molar-refractivity contribution in [1.29, 1.82) is 0 Å². The van der Waals surface area contributed by atoms with Crippen molar-refractivity contribution in [1.82, 2.24) is 5.01 Å². The third-order valence-corrected chi connectivity index (χ3v) is 5.25. The van der Waals surface area contributed by atoms with Gasteiger partial charge in [-0.3, -0.25) is 5.01 Å². The second-order valence-corrected chi connectivity index (χ2v) is 6.91. The summed E-state index contributed by atoms with van der Waals surface area (Å²) in [5.74, 6) is 12.9. The summed E-state index contributed by atoms with van der Waals surface area (Å²) in [6.07, 6.45) is -2.59. The molecule has 0 spiro atoms. The Morgan fingerprint density at radius 1 is 1.14 bits per heavy atom. The van der Waals surface area contributed by atoms with E-state index in [9.17, 15) is 13.6 Å². The van der Waals surface area contributed by atoms with Gasteiger partial charge in [-0.2, -0.15) is 0 Å². The van der Waals surface area contributed by atoms with E-state index in [1.165, 1.54) is 44.2 Å². The monoisotopic (exact) mass is 426 g/mol. The highest BCUT2D eigenvalue weighted by molar-refractivity contribution is 7.98. The van der Waals surface area contributed by atoms with Gasteiger partial charge in [0.15, 0.2) is 0 Å². The molecule has 0 atom stereocenters. The molecule has 0 radical (unpaired) electrons. The van der Waals surface area contributed by atoms with Gasteiger partial charge < -0.3 is 9.47 Å². The minimum absolute atomic E-state index is 0.106. The number of carbonyl (C=O) groups is 1. The first kappa shape index (κ1) is 22.7. The van der Waals surface area contributed by atoms with E-state index in [0.717, 1.165) is 10.0 Å². The van der Waals surface area contributed by atoms with Gasteiger partial charge in [0.2, 0.25) is 0 Å². The van der Waals surface area contributed by atoms with E-state index in [2.05, 4.69) is 0 Å². The molecule has 7 nitrogen and oxygen atoms in total. The molecule has 0 aromatic heterocycles. The van der Waals surface area contributed by atoms with Crippen molar-refractivity contribution < 1.29 is 23.0 Å². The molecule has 4 N–H and O–H groups in total. The molecule has 0 saturated carbocycles. The summed E-state index contributed by atoms with van der Waals surface area (Å²) in [5.41, 5.74) is 0.908. The fraction of sp³-hybridized carbons (Fsp3) is 0.316. The molecule has 29 heavy (non-hydrogen) atoms. The lowest BCUT2D eigenvalue weighted by Crippen LogP contribution is -2.50. The normalized spacial score (nSPS) is 10.8. The van der Waals surface area contributed by atoms with Crippen LogP contribution in [0.3, 0.4) is 0 Å². The second-order valence-electron chi connectivity index (χ2n) is 5.90. The van der Waals surface area contributed by atoms with E-state index >= 15 is 0 Å². The second kappa shape index (κ2) is 10.3. The molecule has 0 unspecified atom stereocenters. The number of ether oxygens (including phenoxy) is 2. The maximum absolute atomic E-state index is 13.1. The van der Waals surface area contributed by atoms with Gasteiger partial charge in [-0.05, 0) is 37.3 Å². The number of nitrogens with two attached hydrogens (primary N) is 2. The van der Waals surface area contributed by atoms with Gasteiger partial charge in [-0.25, -0.2) is 30.3 Å². The fourth-order valence-corrected chi connectivity index (χ4v) is 3.69. The van der Waals surface area contributed by atoms with E-state index in [-0.39, 0.29) is 12.1 Å². The van der Waals surface area contributed by atoms with Crippen LogP contribution < -0.4 is 26.2 Å². The van der Waals surface area contributed by atoms with Crippen LogP contribution in [0.25, 0.3) is 0 Å². The Bertz CT molecular complexity index is 854. The van der Waals surface area contributed by atoms with Crippen LogP contribution >= 0.6 is 11.8 Å². The molecule has 158 valence electrons. The highest BCUT2D eigenvalue weighted by Crippen LogP contribution is 2.39. The van der Waals surface area contributed by atoms with E-state index in [4.69, 9.17) is 21.2 Å². The highest BCUT2D eigenvalue weighted by atomic mass is 32.2. The number of carbonyl (C=O) groups excluding carboxylic acids is 1. The first-order chi connectivity index (χ1) is 13.8. The summed E-state index contributed by atoms with van der Waals surface area (Å²) in [4.78, 5) is 12.9. The Morgan fingerprint density at radius 3 is 2.41 bits per heavy atom. The molecule has 0 heterocycles. The molecule has 0 aliphatic rings. The number of rotatable bonds is 8. The Kier molecular flexibility index (Phi) is 8.06. The molecule has 0 saturated heterocycles.